The fourth-order valence-electron chi connectivity index (χ4n) is 4.06. The van der Waals surface area contributed by atoms with Gasteiger partial charge in [-0.05, 0) is 18.6 Å². The van der Waals surface area contributed by atoms with Crippen LogP contribution in [-0.4, -0.2) is 89.6 Å². The maximum Gasteiger partial charge on any atom is 0.417 e. The van der Waals surface area contributed by atoms with Crippen LogP contribution in [0.5, 0.6) is 0 Å². The Bertz CT molecular complexity index is 955. The molecule has 0 atom stereocenters. The molecule has 4 heterocycles. The summed E-state index contributed by atoms with van der Waals surface area (Å²) in [4.78, 5) is 33.2. The van der Waals surface area contributed by atoms with Gasteiger partial charge in [0.15, 0.2) is 0 Å². The van der Waals surface area contributed by atoms with Crippen molar-refractivity contribution in [2.24, 2.45) is 0 Å². The number of anilines is 2. The van der Waals surface area contributed by atoms with Gasteiger partial charge in [-0.25, -0.2) is 15.0 Å². The van der Waals surface area contributed by atoms with Crippen LogP contribution in [0.3, 0.4) is 0 Å². The number of rotatable bonds is 4. The summed E-state index contributed by atoms with van der Waals surface area (Å²) < 4.78 is 38.6. The lowest BCUT2D eigenvalue weighted by atomic mass is 10.2. The van der Waals surface area contributed by atoms with Crippen LogP contribution in [0.1, 0.15) is 12.0 Å². The van der Waals surface area contributed by atoms with Gasteiger partial charge in [0, 0.05) is 70.9 Å². The molecular weight excluding hydrogens is 459 g/mol. The molecule has 1 amide bonds. The van der Waals surface area contributed by atoms with E-state index in [1.807, 2.05) is 9.80 Å². The monoisotopic (exact) mass is 483 g/mol. The summed E-state index contributed by atoms with van der Waals surface area (Å²) in [6, 6.07) is 2.68. The first-order chi connectivity index (χ1) is 15.8. The Labute approximate surface area is 195 Å². The SMILES string of the molecule is O=C(CN1CCCN(c2ncc(C(F)(F)F)cc2Cl)CC1)N1CCN(c2ncccn2)CC1. The molecular formula is C21H25ClF3N7O. The first-order valence-corrected chi connectivity index (χ1v) is 11.2. The Morgan fingerprint density at radius 2 is 1.64 bits per heavy atom. The number of piperazine rings is 1. The number of amides is 1. The molecule has 33 heavy (non-hydrogen) atoms. The molecule has 0 unspecified atom stereocenters. The quantitative estimate of drug-likeness (QED) is 0.661. The van der Waals surface area contributed by atoms with Crippen molar-refractivity contribution in [3.05, 3.63) is 41.3 Å². The fourth-order valence-corrected chi connectivity index (χ4v) is 4.35. The number of nitrogens with zero attached hydrogens (tertiary/aromatic N) is 7. The second-order valence-corrected chi connectivity index (χ2v) is 8.47. The van der Waals surface area contributed by atoms with E-state index in [4.69, 9.17) is 11.6 Å². The zero-order valence-corrected chi connectivity index (χ0v) is 18.8. The summed E-state index contributed by atoms with van der Waals surface area (Å²) in [6.07, 6.45) is 0.495. The molecule has 0 bridgehead atoms. The van der Waals surface area contributed by atoms with Crippen molar-refractivity contribution >= 4 is 29.3 Å². The van der Waals surface area contributed by atoms with Crippen molar-refractivity contribution in [3.8, 4) is 0 Å². The third-order valence-electron chi connectivity index (χ3n) is 5.86. The zero-order valence-electron chi connectivity index (χ0n) is 18.0. The molecule has 0 spiro atoms. The highest BCUT2D eigenvalue weighted by Gasteiger charge is 2.32. The lowest BCUT2D eigenvalue weighted by Gasteiger charge is -2.35. The Kier molecular flexibility index (Phi) is 7.18. The van der Waals surface area contributed by atoms with Crippen LogP contribution in [0.15, 0.2) is 30.7 Å². The van der Waals surface area contributed by atoms with Crippen molar-refractivity contribution in [2.45, 2.75) is 12.6 Å². The Balaban J connectivity index is 1.28. The third-order valence-corrected chi connectivity index (χ3v) is 6.14. The van der Waals surface area contributed by atoms with E-state index in [1.165, 1.54) is 0 Å². The number of aromatic nitrogens is 3. The minimum absolute atomic E-state index is 0.0189. The number of alkyl halides is 3. The van der Waals surface area contributed by atoms with Crippen LogP contribution >= 0.6 is 11.6 Å². The van der Waals surface area contributed by atoms with Gasteiger partial charge in [0.05, 0.1) is 17.1 Å². The molecule has 2 aliphatic heterocycles. The summed E-state index contributed by atoms with van der Waals surface area (Å²) >= 11 is 6.11. The van der Waals surface area contributed by atoms with Gasteiger partial charge >= 0.3 is 6.18 Å². The summed E-state index contributed by atoms with van der Waals surface area (Å²) in [5, 5.41) is -0.0189. The van der Waals surface area contributed by atoms with Crippen LogP contribution in [0.4, 0.5) is 24.9 Å². The predicted octanol–water partition coefficient (Wildman–Crippen LogP) is 2.40. The second-order valence-electron chi connectivity index (χ2n) is 8.06. The van der Waals surface area contributed by atoms with Crippen LogP contribution in [0.2, 0.25) is 5.02 Å². The maximum absolute atomic E-state index is 12.9. The van der Waals surface area contributed by atoms with E-state index >= 15 is 0 Å². The fraction of sp³-hybridized carbons (Fsp3) is 0.524. The minimum atomic E-state index is -4.48. The van der Waals surface area contributed by atoms with Gasteiger partial charge in [0.2, 0.25) is 11.9 Å². The average molecular weight is 484 g/mol. The number of carbonyl (C=O) groups excluding carboxylic acids is 1. The number of halogens is 4. The molecule has 8 nitrogen and oxygen atoms in total. The number of pyridine rings is 1. The van der Waals surface area contributed by atoms with E-state index in [0.29, 0.717) is 64.1 Å². The van der Waals surface area contributed by atoms with E-state index in [2.05, 4.69) is 24.8 Å². The van der Waals surface area contributed by atoms with Gasteiger partial charge in [-0.1, -0.05) is 11.6 Å². The maximum atomic E-state index is 12.9. The number of hydrogen-bond donors (Lipinski definition) is 0. The standard InChI is InChI=1S/C21H25ClF3N7O/c22-17-13-16(21(23,24)25)14-28-19(17)31-6-2-5-29(7-8-31)15-18(33)30-9-11-32(12-10-30)20-26-3-1-4-27-20/h1,3-4,13-14H,2,5-12,15H2. The Morgan fingerprint density at radius 3 is 2.30 bits per heavy atom. The molecule has 2 aromatic rings. The third kappa shape index (κ3) is 5.83. The highest BCUT2D eigenvalue weighted by Crippen LogP contribution is 2.33. The minimum Gasteiger partial charge on any atom is -0.354 e. The van der Waals surface area contributed by atoms with E-state index < -0.39 is 11.7 Å². The highest BCUT2D eigenvalue weighted by atomic mass is 35.5. The summed E-state index contributed by atoms with van der Waals surface area (Å²) in [7, 11) is 0. The van der Waals surface area contributed by atoms with E-state index in [0.717, 1.165) is 25.2 Å². The van der Waals surface area contributed by atoms with Gasteiger partial charge in [-0.15, -0.1) is 0 Å². The molecule has 0 radical (unpaired) electrons. The van der Waals surface area contributed by atoms with Crippen LogP contribution in [0, 0.1) is 0 Å². The van der Waals surface area contributed by atoms with E-state index in [1.54, 1.807) is 18.5 Å². The normalized spacial score (nSPS) is 18.4. The molecule has 0 N–H and O–H groups in total. The highest BCUT2D eigenvalue weighted by molar-refractivity contribution is 6.33. The van der Waals surface area contributed by atoms with Gasteiger partial charge in [0.25, 0.3) is 0 Å². The van der Waals surface area contributed by atoms with Crippen LogP contribution in [0.25, 0.3) is 0 Å². The van der Waals surface area contributed by atoms with Gasteiger partial charge in [0.1, 0.15) is 5.82 Å². The molecule has 2 aliphatic rings. The molecule has 2 aromatic heterocycles. The summed E-state index contributed by atoms with van der Waals surface area (Å²) in [6.45, 7) is 5.36. The lowest BCUT2D eigenvalue weighted by molar-refractivity contribution is -0.137. The zero-order chi connectivity index (χ0) is 23.4. The predicted molar refractivity (Wildman–Crippen MR) is 118 cm³/mol. The molecule has 178 valence electrons. The molecule has 2 saturated heterocycles. The number of hydrogen-bond acceptors (Lipinski definition) is 7. The first-order valence-electron chi connectivity index (χ1n) is 10.8. The van der Waals surface area contributed by atoms with E-state index in [9.17, 15) is 18.0 Å². The Morgan fingerprint density at radius 1 is 0.939 bits per heavy atom. The van der Waals surface area contributed by atoms with Crippen LogP contribution in [-0.2, 0) is 11.0 Å². The molecule has 12 heteroatoms. The topological polar surface area (TPSA) is 68.7 Å². The lowest BCUT2D eigenvalue weighted by Crippen LogP contribution is -2.51. The smallest absolute Gasteiger partial charge is 0.354 e. The van der Waals surface area contributed by atoms with Gasteiger partial charge < -0.3 is 14.7 Å². The molecule has 2 fully saturated rings. The summed E-state index contributed by atoms with van der Waals surface area (Å²) in [5.41, 5.74) is -0.864. The van der Waals surface area contributed by atoms with Crippen molar-refractivity contribution in [3.63, 3.8) is 0 Å². The molecule has 0 saturated carbocycles. The van der Waals surface area contributed by atoms with Crippen molar-refractivity contribution in [1.82, 2.24) is 24.8 Å². The van der Waals surface area contributed by atoms with E-state index in [-0.39, 0.29) is 10.9 Å². The second kappa shape index (κ2) is 10.1. The Hall–Kier alpha value is -2.66. The van der Waals surface area contributed by atoms with Gasteiger partial charge in [-0.3, -0.25) is 9.69 Å². The van der Waals surface area contributed by atoms with Gasteiger partial charge in [-0.2, -0.15) is 13.2 Å². The largest absolute Gasteiger partial charge is 0.417 e. The van der Waals surface area contributed by atoms with Crippen LogP contribution < -0.4 is 9.80 Å². The average Bonchev–Trinajstić information content (AvgIpc) is 3.04. The van der Waals surface area contributed by atoms with Crippen molar-refractivity contribution in [2.75, 3.05) is 68.7 Å². The molecule has 0 aromatic carbocycles. The molecule has 4 rings (SSSR count). The first kappa shape index (κ1) is 23.5. The summed E-state index contributed by atoms with van der Waals surface area (Å²) in [5.74, 6) is 1.09. The molecule has 0 aliphatic carbocycles. The van der Waals surface area contributed by atoms with Crippen molar-refractivity contribution in [1.29, 1.82) is 0 Å². The number of carbonyl (C=O) groups is 1. The van der Waals surface area contributed by atoms with Crippen molar-refractivity contribution < 1.29 is 18.0 Å².